The van der Waals surface area contributed by atoms with Crippen molar-refractivity contribution in [3.63, 3.8) is 0 Å². The Bertz CT molecular complexity index is 796. The van der Waals surface area contributed by atoms with Gasteiger partial charge in [-0.1, -0.05) is 18.2 Å². The smallest absolute Gasteiger partial charge is 0.251 e. The molecule has 0 radical (unpaired) electrons. The van der Waals surface area contributed by atoms with Crippen LogP contribution < -0.4 is 10.2 Å². The molecule has 4 heteroatoms. The van der Waals surface area contributed by atoms with Gasteiger partial charge in [-0.25, -0.2) is 0 Å². The quantitative estimate of drug-likeness (QED) is 0.903. The molecule has 25 heavy (non-hydrogen) atoms. The van der Waals surface area contributed by atoms with Gasteiger partial charge in [-0.2, -0.15) is 0 Å². The number of rotatable bonds is 5. The first-order valence-corrected chi connectivity index (χ1v) is 8.50. The molecule has 0 fully saturated rings. The fraction of sp³-hybridized carbons (Fsp3) is 0.333. The Hall–Kier alpha value is -2.62. The van der Waals surface area contributed by atoms with Crippen molar-refractivity contribution in [2.75, 3.05) is 18.0 Å². The highest BCUT2D eigenvalue weighted by molar-refractivity contribution is 5.95. The van der Waals surface area contributed by atoms with Crippen molar-refractivity contribution in [1.29, 1.82) is 0 Å². The van der Waals surface area contributed by atoms with Crippen LogP contribution in [0, 0.1) is 27.7 Å². The number of carbonyl (C=O) groups excluding carboxylic acids is 2. The molecule has 2 aromatic carbocycles. The van der Waals surface area contributed by atoms with E-state index < -0.39 is 0 Å². The molecular weight excluding hydrogens is 312 g/mol. The highest BCUT2D eigenvalue weighted by Gasteiger charge is 2.14. The Morgan fingerprint density at radius 2 is 1.60 bits per heavy atom. The predicted molar refractivity (Wildman–Crippen MR) is 102 cm³/mol. The fourth-order valence-electron chi connectivity index (χ4n) is 2.72. The first-order valence-electron chi connectivity index (χ1n) is 8.50. The Kier molecular flexibility index (Phi) is 5.97. The summed E-state index contributed by atoms with van der Waals surface area (Å²) in [6.07, 6.45) is 0. The second-order valence-electron chi connectivity index (χ2n) is 6.52. The molecule has 0 spiro atoms. The van der Waals surface area contributed by atoms with E-state index in [4.69, 9.17) is 0 Å². The van der Waals surface area contributed by atoms with E-state index in [1.807, 2.05) is 64.1 Å². The summed E-state index contributed by atoms with van der Waals surface area (Å²) in [4.78, 5) is 26.1. The molecule has 0 saturated carbocycles. The van der Waals surface area contributed by atoms with Crippen molar-refractivity contribution in [2.24, 2.45) is 0 Å². The van der Waals surface area contributed by atoms with E-state index >= 15 is 0 Å². The van der Waals surface area contributed by atoms with Gasteiger partial charge in [0.05, 0.1) is 0 Å². The maximum atomic E-state index is 12.3. The second-order valence-corrected chi connectivity index (χ2v) is 6.52. The summed E-state index contributed by atoms with van der Waals surface area (Å²) >= 11 is 0. The number of hydrogen-bond donors (Lipinski definition) is 1. The number of aryl methyl sites for hydroxylation is 4. The van der Waals surface area contributed by atoms with Gasteiger partial charge in [0.25, 0.3) is 5.91 Å². The van der Waals surface area contributed by atoms with Crippen LogP contribution in [0.25, 0.3) is 0 Å². The van der Waals surface area contributed by atoms with Gasteiger partial charge in [-0.05, 0) is 68.1 Å². The van der Waals surface area contributed by atoms with Gasteiger partial charge < -0.3 is 10.2 Å². The van der Waals surface area contributed by atoms with Crippen LogP contribution in [0.1, 0.15) is 39.5 Å². The summed E-state index contributed by atoms with van der Waals surface area (Å²) in [5, 5.41) is 2.90. The van der Waals surface area contributed by atoms with Crippen LogP contribution in [0.4, 0.5) is 5.69 Å². The largest absolute Gasteiger partial charge is 0.350 e. The minimum atomic E-state index is -0.118. The second kappa shape index (κ2) is 7.97. The Labute approximate surface area is 149 Å². The molecule has 0 aromatic heterocycles. The van der Waals surface area contributed by atoms with Gasteiger partial charge in [0.15, 0.2) is 0 Å². The molecule has 0 saturated heterocycles. The molecule has 4 nitrogen and oxygen atoms in total. The molecule has 0 heterocycles. The van der Waals surface area contributed by atoms with Crippen LogP contribution in [-0.2, 0) is 4.79 Å². The molecule has 0 bridgehead atoms. The molecule has 0 unspecified atom stereocenters. The molecular formula is C21H26N2O2. The lowest BCUT2D eigenvalue weighted by Crippen LogP contribution is -2.38. The summed E-state index contributed by atoms with van der Waals surface area (Å²) in [6.45, 7) is 10.4. The van der Waals surface area contributed by atoms with Gasteiger partial charge in [-0.15, -0.1) is 0 Å². The molecule has 0 aliphatic heterocycles. The minimum absolute atomic E-state index is 0.0332. The number of carbonyl (C=O) groups is 2. The van der Waals surface area contributed by atoms with Crippen molar-refractivity contribution in [3.05, 3.63) is 64.2 Å². The predicted octanol–water partition coefficient (Wildman–Crippen LogP) is 3.70. The third kappa shape index (κ3) is 4.69. The number of nitrogens with one attached hydrogen (secondary N) is 1. The molecule has 0 aliphatic rings. The molecule has 1 N–H and O–H groups in total. The van der Waals surface area contributed by atoms with Gasteiger partial charge in [-0.3, -0.25) is 9.59 Å². The summed E-state index contributed by atoms with van der Waals surface area (Å²) in [6, 6.07) is 11.7. The number of amides is 2. The van der Waals surface area contributed by atoms with E-state index in [1.165, 1.54) is 0 Å². The lowest BCUT2D eigenvalue weighted by molar-refractivity contribution is -0.116. The summed E-state index contributed by atoms with van der Waals surface area (Å²) in [5.74, 6) is -0.151. The summed E-state index contributed by atoms with van der Waals surface area (Å²) < 4.78 is 0. The van der Waals surface area contributed by atoms with E-state index in [-0.39, 0.29) is 11.8 Å². The standard InChI is InChI=1S/C21H26N2O2/c1-14-6-7-16(3)20(12-14)23(18(5)24)11-10-22-21(25)19-9-8-15(2)17(4)13-19/h6-9,12-13H,10-11H2,1-5H3,(H,22,25). The van der Waals surface area contributed by atoms with Gasteiger partial charge in [0.1, 0.15) is 0 Å². The zero-order valence-corrected chi connectivity index (χ0v) is 15.6. The SMILES string of the molecule is CC(=O)N(CCNC(=O)c1ccc(C)c(C)c1)c1cc(C)ccc1C. The Balaban J connectivity index is 2.04. The van der Waals surface area contributed by atoms with Crippen molar-refractivity contribution in [1.82, 2.24) is 5.32 Å². The normalized spacial score (nSPS) is 10.4. The number of nitrogens with zero attached hydrogens (tertiary/aromatic N) is 1. The van der Waals surface area contributed by atoms with Gasteiger partial charge >= 0.3 is 0 Å². The zero-order chi connectivity index (χ0) is 18.6. The number of benzene rings is 2. The Morgan fingerprint density at radius 1 is 0.920 bits per heavy atom. The van der Waals surface area contributed by atoms with Crippen molar-refractivity contribution >= 4 is 17.5 Å². The topological polar surface area (TPSA) is 49.4 Å². The number of anilines is 1. The third-order valence-corrected chi connectivity index (χ3v) is 4.43. The third-order valence-electron chi connectivity index (χ3n) is 4.43. The van der Waals surface area contributed by atoms with Crippen LogP contribution in [0.2, 0.25) is 0 Å². The van der Waals surface area contributed by atoms with E-state index in [2.05, 4.69) is 5.32 Å². The highest BCUT2D eigenvalue weighted by atomic mass is 16.2. The number of hydrogen-bond acceptors (Lipinski definition) is 2. The highest BCUT2D eigenvalue weighted by Crippen LogP contribution is 2.21. The lowest BCUT2D eigenvalue weighted by atomic mass is 10.1. The van der Waals surface area contributed by atoms with E-state index in [9.17, 15) is 9.59 Å². The summed E-state index contributed by atoms with van der Waals surface area (Å²) in [5.41, 5.74) is 5.94. The van der Waals surface area contributed by atoms with Crippen molar-refractivity contribution < 1.29 is 9.59 Å². The average Bonchev–Trinajstić information content (AvgIpc) is 2.56. The van der Waals surface area contributed by atoms with Crippen molar-refractivity contribution in [3.8, 4) is 0 Å². The molecule has 2 aromatic rings. The van der Waals surface area contributed by atoms with Crippen LogP contribution in [0.5, 0.6) is 0 Å². The van der Waals surface area contributed by atoms with Crippen molar-refractivity contribution in [2.45, 2.75) is 34.6 Å². The monoisotopic (exact) mass is 338 g/mol. The van der Waals surface area contributed by atoms with E-state index in [0.717, 1.165) is 27.9 Å². The molecule has 132 valence electrons. The molecule has 0 aliphatic carbocycles. The maximum Gasteiger partial charge on any atom is 0.251 e. The van der Waals surface area contributed by atoms with Gasteiger partial charge in [0.2, 0.25) is 5.91 Å². The van der Waals surface area contributed by atoms with Gasteiger partial charge in [0, 0.05) is 31.3 Å². The first kappa shape index (κ1) is 18.7. The van der Waals surface area contributed by atoms with Crippen LogP contribution in [0.3, 0.4) is 0 Å². The summed E-state index contributed by atoms with van der Waals surface area (Å²) in [7, 11) is 0. The minimum Gasteiger partial charge on any atom is -0.350 e. The molecule has 2 amide bonds. The fourth-order valence-corrected chi connectivity index (χ4v) is 2.72. The van der Waals surface area contributed by atoms with Crippen LogP contribution in [-0.4, -0.2) is 24.9 Å². The zero-order valence-electron chi connectivity index (χ0n) is 15.6. The van der Waals surface area contributed by atoms with E-state index in [0.29, 0.717) is 18.7 Å². The van der Waals surface area contributed by atoms with Crippen LogP contribution in [0.15, 0.2) is 36.4 Å². The Morgan fingerprint density at radius 3 is 2.24 bits per heavy atom. The average molecular weight is 338 g/mol. The molecule has 0 atom stereocenters. The van der Waals surface area contributed by atoms with E-state index in [1.54, 1.807) is 11.8 Å². The van der Waals surface area contributed by atoms with Crippen LogP contribution >= 0.6 is 0 Å². The maximum absolute atomic E-state index is 12.3. The molecule has 2 rings (SSSR count). The first-order chi connectivity index (χ1) is 11.8. The lowest BCUT2D eigenvalue weighted by Gasteiger charge is -2.24.